The lowest BCUT2D eigenvalue weighted by atomic mass is 10.1. The first kappa shape index (κ1) is 17.2. The van der Waals surface area contributed by atoms with Crippen LogP contribution in [0, 0.1) is 5.92 Å². The van der Waals surface area contributed by atoms with Crippen LogP contribution in [0.5, 0.6) is 0 Å². The summed E-state index contributed by atoms with van der Waals surface area (Å²) in [5, 5.41) is 0.694. The number of benzene rings is 1. The molecular formula is C13H20Cl2N2O. The number of nitrogens with two attached hydrogens (primary N) is 1. The molecule has 0 spiro atoms. The first-order chi connectivity index (χ1) is 8.10. The van der Waals surface area contributed by atoms with Crippen molar-refractivity contribution in [3.8, 4) is 0 Å². The lowest BCUT2D eigenvalue weighted by Gasteiger charge is -2.24. The Labute approximate surface area is 120 Å². The van der Waals surface area contributed by atoms with Gasteiger partial charge < -0.3 is 10.6 Å². The molecule has 2 N–H and O–H groups in total. The van der Waals surface area contributed by atoms with Crippen molar-refractivity contribution in [3.05, 3.63) is 34.9 Å². The highest BCUT2D eigenvalue weighted by Crippen LogP contribution is 2.17. The zero-order valence-corrected chi connectivity index (χ0v) is 12.3. The molecule has 0 heterocycles. The first-order valence-electron chi connectivity index (χ1n) is 5.82. The van der Waals surface area contributed by atoms with Crippen molar-refractivity contribution in [1.29, 1.82) is 0 Å². The Balaban J connectivity index is 0.00000289. The van der Waals surface area contributed by atoms with E-state index in [1.807, 2.05) is 38.1 Å². The van der Waals surface area contributed by atoms with Gasteiger partial charge in [-0.25, -0.2) is 0 Å². The first-order valence-corrected chi connectivity index (χ1v) is 6.20. The van der Waals surface area contributed by atoms with Crippen LogP contribution in [0.1, 0.15) is 19.4 Å². The standard InChI is InChI=1S/C13H19ClN2O.ClH/c1-3-16(13(17)10(2)8-15)9-11-6-4-5-7-12(11)14;/h4-7,10H,3,8-9,15H2,1-2H3;1H. The van der Waals surface area contributed by atoms with Crippen LogP contribution in [-0.2, 0) is 11.3 Å². The Hall–Kier alpha value is -0.770. The maximum atomic E-state index is 12.0. The Morgan fingerprint density at radius 3 is 2.56 bits per heavy atom. The second kappa shape index (κ2) is 8.35. The van der Waals surface area contributed by atoms with Crippen LogP contribution in [0.2, 0.25) is 5.02 Å². The second-order valence-corrected chi connectivity index (χ2v) is 4.49. The van der Waals surface area contributed by atoms with E-state index in [2.05, 4.69) is 0 Å². The summed E-state index contributed by atoms with van der Waals surface area (Å²) in [4.78, 5) is 13.8. The number of carbonyl (C=O) groups excluding carboxylic acids is 1. The minimum atomic E-state index is -0.141. The second-order valence-electron chi connectivity index (χ2n) is 4.08. The van der Waals surface area contributed by atoms with Gasteiger partial charge >= 0.3 is 0 Å². The van der Waals surface area contributed by atoms with Crippen molar-refractivity contribution in [3.63, 3.8) is 0 Å². The Morgan fingerprint density at radius 2 is 2.06 bits per heavy atom. The topological polar surface area (TPSA) is 46.3 Å². The molecule has 0 aromatic heterocycles. The SMILES string of the molecule is CCN(Cc1ccccc1Cl)C(=O)C(C)CN.Cl. The van der Waals surface area contributed by atoms with E-state index in [1.165, 1.54) is 0 Å². The van der Waals surface area contributed by atoms with Crippen molar-refractivity contribution in [2.24, 2.45) is 11.7 Å². The van der Waals surface area contributed by atoms with Crippen molar-refractivity contribution in [1.82, 2.24) is 4.90 Å². The normalized spacial score (nSPS) is 11.6. The smallest absolute Gasteiger partial charge is 0.226 e. The summed E-state index contributed by atoms with van der Waals surface area (Å²) in [5.41, 5.74) is 6.48. The van der Waals surface area contributed by atoms with Gasteiger partial charge in [0.1, 0.15) is 0 Å². The minimum Gasteiger partial charge on any atom is -0.338 e. The Morgan fingerprint density at radius 1 is 1.44 bits per heavy atom. The van der Waals surface area contributed by atoms with Crippen LogP contribution < -0.4 is 5.73 Å². The van der Waals surface area contributed by atoms with E-state index in [1.54, 1.807) is 4.90 Å². The Kier molecular flexibility index (Phi) is 8.00. The molecule has 0 fully saturated rings. The van der Waals surface area contributed by atoms with Crippen LogP contribution in [0.25, 0.3) is 0 Å². The predicted molar refractivity (Wildman–Crippen MR) is 78.0 cm³/mol. The maximum absolute atomic E-state index is 12.0. The third kappa shape index (κ3) is 4.48. The average Bonchev–Trinajstić information content (AvgIpc) is 2.36. The fraction of sp³-hybridized carbons (Fsp3) is 0.462. The molecule has 1 atom stereocenters. The molecule has 0 bridgehead atoms. The molecule has 1 rings (SSSR count). The zero-order valence-electron chi connectivity index (χ0n) is 10.7. The van der Waals surface area contributed by atoms with Gasteiger partial charge in [-0.1, -0.05) is 36.7 Å². The summed E-state index contributed by atoms with van der Waals surface area (Å²) in [6.45, 7) is 5.38. The highest BCUT2D eigenvalue weighted by molar-refractivity contribution is 6.31. The molecule has 1 amide bonds. The molecule has 18 heavy (non-hydrogen) atoms. The molecular weight excluding hydrogens is 271 g/mol. The van der Waals surface area contributed by atoms with Gasteiger partial charge in [-0.05, 0) is 18.6 Å². The number of hydrogen-bond donors (Lipinski definition) is 1. The molecule has 0 aliphatic carbocycles. The molecule has 102 valence electrons. The van der Waals surface area contributed by atoms with E-state index < -0.39 is 0 Å². The molecule has 3 nitrogen and oxygen atoms in total. The van der Waals surface area contributed by atoms with Gasteiger partial charge in [0, 0.05) is 30.6 Å². The monoisotopic (exact) mass is 290 g/mol. The summed E-state index contributed by atoms with van der Waals surface area (Å²) in [5.74, 6) is -0.0626. The van der Waals surface area contributed by atoms with E-state index in [4.69, 9.17) is 17.3 Å². The molecule has 0 saturated carbocycles. The molecule has 5 heteroatoms. The molecule has 1 aromatic carbocycles. The van der Waals surface area contributed by atoms with Crippen LogP contribution in [0.15, 0.2) is 24.3 Å². The molecule has 1 aromatic rings. The van der Waals surface area contributed by atoms with Gasteiger partial charge in [-0.3, -0.25) is 4.79 Å². The van der Waals surface area contributed by atoms with Crippen LogP contribution >= 0.6 is 24.0 Å². The summed E-state index contributed by atoms with van der Waals surface area (Å²) in [7, 11) is 0. The number of halogens is 2. The van der Waals surface area contributed by atoms with Gasteiger partial charge in [0.25, 0.3) is 0 Å². The summed E-state index contributed by atoms with van der Waals surface area (Å²) < 4.78 is 0. The summed E-state index contributed by atoms with van der Waals surface area (Å²) in [6.07, 6.45) is 0. The van der Waals surface area contributed by atoms with E-state index in [9.17, 15) is 4.79 Å². The lowest BCUT2D eigenvalue weighted by Crippen LogP contribution is -2.37. The van der Waals surface area contributed by atoms with E-state index in [0.717, 1.165) is 5.56 Å². The van der Waals surface area contributed by atoms with E-state index >= 15 is 0 Å². The fourth-order valence-electron chi connectivity index (χ4n) is 1.59. The van der Waals surface area contributed by atoms with Gasteiger partial charge in [0.05, 0.1) is 0 Å². The van der Waals surface area contributed by atoms with Crippen LogP contribution in [0.4, 0.5) is 0 Å². The van der Waals surface area contributed by atoms with Crippen molar-refractivity contribution in [2.45, 2.75) is 20.4 Å². The predicted octanol–water partition coefficient (Wildman–Crippen LogP) is 2.71. The third-order valence-electron chi connectivity index (χ3n) is 2.79. The highest BCUT2D eigenvalue weighted by Gasteiger charge is 2.18. The Bertz CT molecular complexity index is 385. The van der Waals surface area contributed by atoms with E-state index in [-0.39, 0.29) is 24.2 Å². The number of carbonyl (C=O) groups is 1. The van der Waals surface area contributed by atoms with Gasteiger partial charge in [0.15, 0.2) is 0 Å². The number of amides is 1. The van der Waals surface area contributed by atoms with Crippen molar-refractivity contribution >= 4 is 29.9 Å². The van der Waals surface area contributed by atoms with Crippen LogP contribution in [0.3, 0.4) is 0 Å². The van der Waals surface area contributed by atoms with Crippen LogP contribution in [-0.4, -0.2) is 23.9 Å². The quantitative estimate of drug-likeness (QED) is 0.906. The number of nitrogens with zero attached hydrogens (tertiary/aromatic N) is 1. The lowest BCUT2D eigenvalue weighted by molar-refractivity contribution is -0.135. The summed E-state index contributed by atoms with van der Waals surface area (Å²) >= 11 is 6.08. The molecule has 0 saturated heterocycles. The summed E-state index contributed by atoms with van der Waals surface area (Å²) in [6, 6.07) is 7.57. The average molecular weight is 291 g/mol. The highest BCUT2D eigenvalue weighted by atomic mass is 35.5. The fourth-order valence-corrected chi connectivity index (χ4v) is 1.79. The maximum Gasteiger partial charge on any atom is 0.226 e. The van der Waals surface area contributed by atoms with Gasteiger partial charge in [-0.2, -0.15) is 0 Å². The largest absolute Gasteiger partial charge is 0.338 e. The van der Waals surface area contributed by atoms with E-state index in [0.29, 0.717) is 24.7 Å². The zero-order chi connectivity index (χ0) is 12.8. The van der Waals surface area contributed by atoms with Gasteiger partial charge in [0.2, 0.25) is 5.91 Å². The molecule has 1 unspecified atom stereocenters. The van der Waals surface area contributed by atoms with Crippen molar-refractivity contribution in [2.75, 3.05) is 13.1 Å². The number of hydrogen-bond acceptors (Lipinski definition) is 2. The molecule has 0 radical (unpaired) electrons. The van der Waals surface area contributed by atoms with Gasteiger partial charge in [-0.15, -0.1) is 12.4 Å². The number of rotatable bonds is 5. The minimum absolute atomic E-state index is 0. The third-order valence-corrected chi connectivity index (χ3v) is 3.16. The van der Waals surface area contributed by atoms with Crippen molar-refractivity contribution < 1.29 is 4.79 Å². The molecule has 0 aliphatic heterocycles. The molecule has 0 aliphatic rings.